The zero-order valence-electron chi connectivity index (χ0n) is 6.93. The highest BCUT2D eigenvalue weighted by Gasteiger charge is 2.13. The lowest BCUT2D eigenvalue weighted by atomic mass is 10.1. The molecule has 0 aromatic heterocycles. The molecule has 0 radical (unpaired) electrons. The molecule has 68 valence electrons. The van der Waals surface area contributed by atoms with E-state index in [4.69, 9.17) is 11.3 Å². The zero-order chi connectivity index (χ0) is 9.40. The summed E-state index contributed by atoms with van der Waals surface area (Å²) < 4.78 is 0. The van der Waals surface area contributed by atoms with Crippen LogP contribution in [0.25, 0.3) is 10.4 Å². The van der Waals surface area contributed by atoms with Gasteiger partial charge in [-0.15, -0.1) is 0 Å². The van der Waals surface area contributed by atoms with Crippen molar-refractivity contribution < 1.29 is 9.63 Å². The lowest BCUT2D eigenvalue weighted by molar-refractivity contribution is -0.145. The fourth-order valence-electron chi connectivity index (χ4n) is 0.668. The van der Waals surface area contributed by atoms with Gasteiger partial charge in [0.2, 0.25) is 0 Å². The first-order valence-corrected chi connectivity index (χ1v) is 3.73. The fourth-order valence-corrected chi connectivity index (χ4v) is 0.668. The number of nitrogens with zero attached hydrogens (tertiary/aromatic N) is 3. The van der Waals surface area contributed by atoms with Crippen LogP contribution >= 0.6 is 0 Å². The van der Waals surface area contributed by atoms with Crippen LogP contribution in [0.1, 0.15) is 26.2 Å². The van der Waals surface area contributed by atoms with E-state index in [0.29, 0.717) is 6.42 Å². The van der Waals surface area contributed by atoms with Gasteiger partial charge in [-0.2, -0.15) is 0 Å². The third-order valence-electron chi connectivity index (χ3n) is 1.34. The Bertz CT molecular complexity index is 188. The van der Waals surface area contributed by atoms with Gasteiger partial charge in [0.25, 0.3) is 0 Å². The first-order chi connectivity index (χ1) is 5.72. The zero-order valence-corrected chi connectivity index (χ0v) is 6.93. The molecule has 12 heavy (non-hydrogen) atoms. The van der Waals surface area contributed by atoms with E-state index in [1.807, 2.05) is 6.92 Å². The van der Waals surface area contributed by atoms with Gasteiger partial charge in [-0.3, -0.25) is 0 Å². The minimum absolute atomic E-state index is 0.552. The number of hydrogen-bond donors (Lipinski definition) is 1. The number of rotatable bonds is 5. The maximum Gasteiger partial charge on any atom is 0.334 e. The van der Waals surface area contributed by atoms with Gasteiger partial charge in [0.05, 0.1) is 0 Å². The average molecular weight is 172 g/mol. The highest BCUT2D eigenvalue weighted by molar-refractivity contribution is 5.75. The Balaban J connectivity index is 3.68. The number of carbonyl (C=O) groups excluding carboxylic acids is 1. The lowest BCUT2D eigenvalue weighted by Crippen LogP contribution is -2.30. The summed E-state index contributed by atoms with van der Waals surface area (Å²) >= 11 is 0. The van der Waals surface area contributed by atoms with E-state index in [1.165, 1.54) is 0 Å². The Morgan fingerprint density at radius 1 is 1.83 bits per heavy atom. The monoisotopic (exact) mass is 172 g/mol. The lowest BCUT2D eigenvalue weighted by Gasteiger charge is -2.05. The molecule has 2 N–H and O–H groups in total. The van der Waals surface area contributed by atoms with E-state index in [1.54, 1.807) is 0 Å². The quantitative estimate of drug-likeness (QED) is 0.292. The van der Waals surface area contributed by atoms with Crippen molar-refractivity contribution in [3.63, 3.8) is 0 Å². The molecule has 0 aromatic rings. The summed E-state index contributed by atoms with van der Waals surface area (Å²) in [4.78, 5) is 17.2. The van der Waals surface area contributed by atoms with Gasteiger partial charge in [-0.1, -0.05) is 19.8 Å². The smallest absolute Gasteiger partial charge is 0.334 e. The first-order valence-electron chi connectivity index (χ1n) is 3.73. The van der Waals surface area contributed by atoms with Crippen LogP contribution < -0.4 is 5.73 Å². The molecule has 0 spiro atoms. The Morgan fingerprint density at radius 3 is 3.00 bits per heavy atom. The van der Waals surface area contributed by atoms with Gasteiger partial charge in [0.1, 0.15) is 11.3 Å². The maximum absolute atomic E-state index is 10.8. The summed E-state index contributed by atoms with van der Waals surface area (Å²) in [6.45, 7) is 1.99. The number of carbonyl (C=O) groups is 1. The summed E-state index contributed by atoms with van der Waals surface area (Å²) in [7, 11) is 0. The van der Waals surface area contributed by atoms with Crippen LogP contribution in [-0.4, -0.2) is 12.0 Å². The SMILES string of the molecule is CCCC[C@H](N)C(=O)ON=[N+]=[N-]. The molecule has 0 saturated heterocycles. The molecular formula is C6H12N4O2. The molecule has 0 amide bonds. The van der Waals surface area contributed by atoms with Crippen LogP contribution in [0.4, 0.5) is 0 Å². The summed E-state index contributed by atoms with van der Waals surface area (Å²) in [5, 5.41) is 2.65. The number of azide groups is 1. The minimum Gasteiger partial charge on any atom is -0.357 e. The third-order valence-corrected chi connectivity index (χ3v) is 1.34. The standard InChI is InChI=1S/C6H12N4O2/c1-2-3-4-5(7)6(11)12-10-9-8/h5H,2-4,7H2,1H3/t5-/m0/s1. The molecule has 1 atom stereocenters. The van der Waals surface area contributed by atoms with Crippen molar-refractivity contribution in [1.29, 1.82) is 0 Å². The van der Waals surface area contributed by atoms with Gasteiger partial charge in [0, 0.05) is 4.91 Å². The van der Waals surface area contributed by atoms with Crippen molar-refractivity contribution in [3.05, 3.63) is 10.4 Å². The second-order valence-corrected chi connectivity index (χ2v) is 2.33. The van der Waals surface area contributed by atoms with Crippen molar-refractivity contribution >= 4 is 5.97 Å². The molecule has 0 aliphatic carbocycles. The maximum atomic E-state index is 10.8. The average Bonchev–Trinajstić information content (AvgIpc) is 2.10. The van der Waals surface area contributed by atoms with Crippen molar-refractivity contribution in [3.8, 4) is 0 Å². The summed E-state index contributed by atoms with van der Waals surface area (Å²) in [5.74, 6) is -0.679. The largest absolute Gasteiger partial charge is 0.357 e. The molecule has 0 aliphatic heterocycles. The molecule has 0 unspecified atom stereocenters. The molecular weight excluding hydrogens is 160 g/mol. The van der Waals surface area contributed by atoms with Gasteiger partial charge in [-0.25, -0.2) is 4.79 Å². The van der Waals surface area contributed by atoms with E-state index in [2.05, 4.69) is 15.0 Å². The van der Waals surface area contributed by atoms with E-state index in [-0.39, 0.29) is 0 Å². The molecule has 0 bridgehead atoms. The second-order valence-electron chi connectivity index (χ2n) is 2.33. The molecule has 0 saturated carbocycles. The predicted octanol–water partition coefficient (Wildman–Crippen LogP) is 1.27. The van der Waals surface area contributed by atoms with Crippen molar-refractivity contribution in [2.45, 2.75) is 32.2 Å². The second kappa shape index (κ2) is 6.45. The highest BCUT2D eigenvalue weighted by Crippen LogP contribution is 1.99. The molecule has 0 aliphatic rings. The summed E-state index contributed by atoms with van der Waals surface area (Å²) in [5.41, 5.74) is 13.2. The first kappa shape index (κ1) is 10.7. The van der Waals surface area contributed by atoms with Crippen molar-refractivity contribution in [2.24, 2.45) is 11.0 Å². The topological polar surface area (TPSA) is 101 Å². The van der Waals surface area contributed by atoms with E-state index in [0.717, 1.165) is 12.8 Å². The van der Waals surface area contributed by atoms with Crippen molar-refractivity contribution in [1.82, 2.24) is 0 Å². The Hall–Kier alpha value is -1.26. The van der Waals surface area contributed by atoms with E-state index in [9.17, 15) is 4.79 Å². The summed E-state index contributed by atoms with van der Waals surface area (Å²) in [6.07, 6.45) is 2.37. The molecule has 0 heterocycles. The molecule has 0 rings (SSSR count). The van der Waals surface area contributed by atoms with Crippen LogP contribution in [0.3, 0.4) is 0 Å². The highest BCUT2D eigenvalue weighted by atomic mass is 16.7. The number of hydrogen-bond acceptors (Lipinski definition) is 4. The normalized spacial score (nSPS) is 11.5. The minimum atomic E-state index is -0.685. The third kappa shape index (κ3) is 4.54. The van der Waals surface area contributed by atoms with E-state index < -0.39 is 12.0 Å². The van der Waals surface area contributed by atoms with Gasteiger partial charge < -0.3 is 10.6 Å². The number of nitrogens with two attached hydrogens (primary N) is 1. The Morgan fingerprint density at radius 2 is 2.50 bits per heavy atom. The van der Waals surface area contributed by atoms with Crippen LogP contribution in [-0.2, 0) is 9.63 Å². The fraction of sp³-hybridized carbons (Fsp3) is 0.833. The molecule has 6 heteroatoms. The Labute approximate surface area is 70.3 Å². The van der Waals surface area contributed by atoms with Crippen molar-refractivity contribution in [2.75, 3.05) is 0 Å². The van der Waals surface area contributed by atoms with Crippen LogP contribution in [0.2, 0.25) is 0 Å². The molecule has 6 nitrogen and oxygen atoms in total. The molecule has 0 fully saturated rings. The van der Waals surface area contributed by atoms with Gasteiger partial charge in [0.15, 0.2) is 0 Å². The van der Waals surface area contributed by atoms with Gasteiger partial charge in [-0.05, 0) is 12.0 Å². The van der Waals surface area contributed by atoms with E-state index >= 15 is 0 Å². The van der Waals surface area contributed by atoms with Crippen LogP contribution in [0.15, 0.2) is 5.28 Å². The van der Waals surface area contributed by atoms with Gasteiger partial charge >= 0.3 is 5.97 Å². The number of unbranched alkanes of at least 4 members (excludes halogenated alkanes) is 1. The van der Waals surface area contributed by atoms with Crippen LogP contribution in [0.5, 0.6) is 0 Å². The molecule has 0 aromatic carbocycles. The Kier molecular flexibility index (Phi) is 5.77. The summed E-state index contributed by atoms with van der Waals surface area (Å²) in [6, 6.07) is -0.685. The predicted molar refractivity (Wildman–Crippen MR) is 42.7 cm³/mol. The van der Waals surface area contributed by atoms with Crippen LogP contribution in [0, 0.1) is 0 Å².